The van der Waals surface area contributed by atoms with Gasteiger partial charge in [-0.1, -0.05) is 22.9 Å². The zero-order valence-corrected chi connectivity index (χ0v) is 14.7. The lowest BCUT2D eigenvalue weighted by molar-refractivity contribution is 0.0742. The molecule has 0 saturated carbocycles. The van der Waals surface area contributed by atoms with Gasteiger partial charge >= 0.3 is 0 Å². The van der Waals surface area contributed by atoms with Crippen molar-refractivity contribution >= 4 is 34.5 Å². The first-order valence-electron chi connectivity index (χ1n) is 8.05. The van der Waals surface area contributed by atoms with E-state index in [1.165, 1.54) is 24.5 Å². The molecule has 2 aromatic heterocycles. The van der Waals surface area contributed by atoms with E-state index in [4.69, 9.17) is 11.6 Å². The van der Waals surface area contributed by atoms with E-state index in [1.807, 2.05) is 4.90 Å². The van der Waals surface area contributed by atoms with Gasteiger partial charge in [0.15, 0.2) is 17.0 Å². The molecule has 0 unspecified atom stereocenters. The van der Waals surface area contributed by atoms with Gasteiger partial charge in [-0.25, -0.2) is 19.0 Å². The van der Waals surface area contributed by atoms with E-state index in [0.29, 0.717) is 43.2 Å². The fourth-order valence-corrected chi connectivity index (χ4v) is 3.30. The van der Waals surface area contributed by atoms with E-state index in [0.717, 1.165) is 0 Å². The molecule has 1 amide bonds. The average molecular weight is 376 g/mol. The van der Waals surface area contributed by atoms with Crippen molar-refractivity contribution in [3.8, 4) is 0 Å². The summed E-state index contributed by atoms with van der Waals surface area (Å²) in [7, 11) is 1.76. The second kappa shape index (κ2) is 6.49. The monoisotopic (exact) mass is 375 g/mol. The fraction of sp³-hybridized carbons (Fsp3) is 0.312. The Balaban J connectivity index is 1.53. The maximum Gasteiger partial charge on any atom is 0.258 e. The third-order valence-corrected chi connectivity index (χ3v) is 4.73. The van der Waals surface area contributed by atoms with Crippen molar-refractivity contribution in [1.29, 1.82) is 0 Å². The largest absolute Gasteiger partial charge is 0.351 e. The smallest absolute Gasteiger partial charge is 0.258 e. The van der Waals surface area contributed by atoms with Crippen LogP contribution in [0.5, 0.6) is 0 Å². The number of hydrogen-bond donors (Lipinski definition) is 0. The van der Waals surface area contributed by atoms with E-state index in [-0.39, 0.29) is 10.6 Å². The predicted octanol–water partition coefficient (Wildman–Crippen LogP) is 1.51. The highest BCUT2D eigenvalue weighted by atomic mass is 35.5. The van der Waals surface area contributed by atoms with Crippen LogP contribution < -0.4 is 4.90 Å². The van der Waals surface area contributed by atoms with Gasteiger partial charge in [-0.3, -0.25) is 4.79 Å². The first kappa shape index (κ1) is 16.6. The summed E-state index contributed by atoms with van der Waals surface area (Å²) in [6.07, 6.45) is 1.47. The van der Waals surface area contributed by atoms with Crippen molar-refractivity contribution in [3.63, 3.8) is 0 Å². The van der Waals surface area contributed by atoms with Crippen LogP contribution in [-0.4, -0.2) is 61.9 Å². The summed E-state index contributed by atoms with van der Waals surface area (Å²) in [6.45, 7) is 1.94. The molecule has 0 spiro atoms. The number of rotatable bonds is 2. The molecule has 26 heavy (non-hydrogen) atoms. The van der Waals surface area contributed by atoms with Gasteiger partial charge in [0.05, 0.1) is 10.6 Å². The van der Waals surface area contributed by atoms with Crippen LogP contribution in [0, 0.1) is 5.82 Å². The van der Waals surface area contributed by atoms with Crippen LogP contribution in [0.1, 0.15) is 10.4 Å². The molecular weight excluding hydrogens is 361 g/mol. The third-order valence-electron chi connectivity index (χ3n) is 4.41. The number of aromatic nitrogens is 5. The number of fused-ring (bicyclic) bond motifs is 1. The molecule has 3 aromatic rings. The second-order valence-corrected chi connectivity index (χ2v) is 6.37. The van der Waals surface area contributed by atoms with Crippen LogP contribution in [0.3, 0.4) is 0 Å². The highest BCUT2D eigenvalue weighted by Crippen LogP contribution is 2.24. The molecule has 134 valence electrons. The topological polar surface area (TPSA) is 80.0 Å². The van der Waals surface area contributed by atoms with Gasteiger partial charge in [0.1, 0.15) is 12.1 Å². The van der Waals surface area contributed by atoms with Gasteiger partial charge in [0, 0.05) is 33.2 Å². The molecular formula is C16H15ClFN7O. The second-order valence-electron chi connectivity index (χ2n) is 5.96. The van der Waals surface area contributed by atoms with Crippen LogP contribution in [0.15, 0.2) is 24.5 Å². The average Bonchev–Trinajstić information content (AvgIpc) is 3.03. The summed E-state index contributed by atoms with van der Waals surface area (Å²) in [5.41, 5.74) is 1.18. The van der Waals surface area contributed by atoms with Crippen LogP contribution in [-0.2, 0) is 7.05 Å². The van der Waals surface area contributed by atoms with Crippen molar-refractivity contribution in [2.45, 2.75) is 0 Å². The van der Waals surface area contributed by atoms with E-state index in [2.05, 4.69) is 20.3 Å². The highest BCUT2D eigenvalue weighted by Gasteiger charge is 2.27. The lowest BCUT2D eigenvalue weighted by Gasteiger charge is -2.35. The number of benzene rings is 1. The molecule has 1 aliphatic rings. The Bertz CT molecular complexity index is 964. The van der Waals surface area contributed by atoms with Crippen LogP contribution in [0.25, 0.3) is 11.2 Å². The molecule has 0 aliphatic carbocycles. The molecule has 1 saturated heterocycles. The molecule has 0 atom stereocenters. The van der Waals surface area contributed by atoms with E-state index in [1.54, 1.807) is 16.6 Å². The van der Waals surface area contributed by atoms with Gasteiger partial charge < -0.3 is 9.80 Å². The highest BCUT2D eigenvalue weighted by molar-refractivity contribution is 6.33. The number of amides is 1. The lowest BCUT2D eigenvalue weighted by atomic mass is 10.1. The number of aryl methyl sites for hydroxylation is 1. The quantitative estimate of drug-likeness (QED) is 0.675. The summed E-state index contributed by atoms with van der Waals surface area (Å²) in [6, 6.07) is 4.23. The normalized spacial score (nSPS) is 14.9. The number of hydrogen-bond acceptors (Lipinski definition) is 6. The lowest BCUT2D eigenvalue weighted by Crippen LogP contribution is -2.49. The number of anilines is 1. The molecule has 8 nitrogen and oxygen atoms in total. The summed E-state index contributed by atoms with van der Waals surface area (Å²) in [4.78, 5) is 24.7. The fourth-order valence-electron chi connectivity index (χ4n) is 3.05. The minimum Gasteiger partial charge on any atom is -0.351 e. The Hall–Kier alpha value is -2.81. The van der Waals surface area contributed by atoms with Gasteiger partial charge in [-0.05, 0) is 12.1 Å². The van der Waals surface area contributed by atoms with Gasteiger partial charge in [-0.2, -0.15) is 0 Å². The van der Waals surface area contributed by atoms with Gasteiger partial charge in [-0.15, -0.1) is 5.10 Å². The van der Waals surface area contributed by atoms with Crippen molar-refractivity contribution in [3.05, 3.63) is 40.9 Å². The number of piperazine rings is 1. The van der Waals surface area contributed by atoms with Crippen molar-refractivity contribution in [2.24, 2.45) is 7.05 Å². The minimum absolute atomic E-state index is 0.0824. The standard InChI is InChI=1S/C16H15ClFN7O/c1-23-14-13(21-22-23)15(20-9-19-14)24-5-7-25(8-6-24)16(26)12-10(17)3-2-4-11(12)18/h2-4,9H,5-8H2,1H3. The number of carbonyl (C=O) groups excluding carboxylic acids is 1. The van der Waals surface area contributed by atoms with Gasteiger partial charge in [0.25, 0.3) is 5.91 Å². The maximum atomic E-state index is 14.0. The third kappa shape index (κ3) is 2.74. The molecule has 1 fully saturated rings. The Morgan fingerprint density at radius 1 is 1.19 bits per heavy atom. The summed E-state index contributed by atoms with van der Waals surface area (Å²) >= 11 is 6.00. The van der Waals surface area contributed by atoms with Crippen molar-refractivity contribution < 1.29 is 9.18 Å². The van der Waals surface area contributed by atoms with Crippen LogP contribution in [0.2, 0.25) is 5.02 Å². The van der Waals surface area contributed by atoms with Crippen LogP contribution >= 0.6 is 11.6 Å². The first-order valence-corrected chi connectivity index (χ1v) is 8.42. The van der Waals surface area contributed by atoms with Crippen molar-refractivity contribution in [1.82, 2.24) is 29.9 Å². The van der Waals surface area contributed by atoms with Gasteiger partial charge in [0.2, 0.25) is 0 Å². The SMILES string of the molecule is Cn1nnc2c(N3CCN(C(=O)c4c(F)cccc4Cl)CC3)ncnc21. The molecule has 4 rings (SSSR count). The summed E-state index contributed by atoms with van der Waals surface area (Å²) in [5, 5.41) is 8.21. The molecule has 0 bridgehead atoms. The Labute approximate surface area is 153 Å². The molecule has 0 N–H and O–H groups in total. The predicted molar refractivity (Wildman–Crippen MR) is 93.6 cm³/mol. The zero-order chi connectivity index (χ0) is 18.3. The molecule has 0 radical (unpaired) electrons. The Kier molecular flexibility index (Phi) is 4.15. The number of carbonyl (C=O) groups is 1. The van der Waals surface area contributed by atoms with Crippen molar-refractivity contribution in [2.75, 3.05) is 31.1 Å². The Morgan fingerprint density at radius 3 is 2.69 bits per heavy atom. The maximum absolute atomic E-state index is 14.0. The number of nitrogens with zero attached hydrogens (tertiary/aromatic N) is 7. The zero-order valence-electron chi connectivity index (χ0n) is 13.9. The van der Waals surface area contributed by atoms with Crippen LogP contribution in [0.4, 0.5) is 10.2 Å². The summed E-state index contributed by atoms with van der Waals surface area (Å²) in [5.74, 6) is -0.332. The summed E-state index contributed by atoms with van der Waals surface area (Å²) < 4.78 is 15.6. The first-order chi connectivity index (χ1) is 12.6. The number of halogens is 2. The molecule has 10 heteroatoms. The van der Waals surface area contributed by atoms with E-state index < -0.39 is 11.7 Å². The van der Waals surface area contributed by atoms with E-state index >= 15 is 0 Å². The molecule has 1 aromatic carbocycles. The van der Waals surface area contributed by atoms with E-state index in [9.17, 15) is 9.18 Å². The minimum atomic E-state index is -0.609. The molecule has 1 aliphatic heterocycles. The Morgan fingerprint density at radius 2 is 1.96 bits per heavy atom. The molecule has 3 heterocycles.